The second-order valence-electron chi connectivity index (χ2n) is 7.92. The zero-order valence-corrected chi connectivity index (χ0v) is 17.0. The van der Waals surface area contributed by atoms with Crippen molar-refractivity contribution in [1.82, 2.24) is 9.71 Å². The molecule has 8 nitrogen and oxygen atoms in total. The van der Waals surface area contributed by atoms with Crippen LogP contribution in [0.2, 0.25) is 0 Å². The Balaban J connectivity index is 1.59. The standard InChI is InChI=1S/C19H22FN3O5S/c1-19(2,25)14-9-21-18(28-14)29(26,27)23-17(24)22-16-12-7-3-5-10(12)15(20)11-6-4-8-13(11)16/h9,25H,3-8H2,1-2H3,(H2,22,23,24). The number of nitrogens with one attached hydrogen (secondary N) is 2. The van der Waals surface area contributed by atoms with Crippen LogP contribution in [0.4, 0.5) is 14.9 Å². The molecule has 10 heteroatoms. The SMILES string of the molecule is CC(C)(O)c1cnc(S(=O)(=O)NC(=O)Nc2c3c(c(F)c4c2CCC4)CCC3)o1. The van der Waals surface area contributed by atoms with E-state index in [-0.39, 0.29) is 11.6 Å². The fourth-order valence-electron chi connectivity index (χ4n) is 4.01. The van der Waals surface area contributed by atoms with Gasteiger partial charge in [-0.05, 0) is 74.6 Å². The fraction of sp³-hybridized carbons (Fsp3) is 0.474. The topological polar surface area (TPSA) is 122 Å². The van der Waals surface area contributed by atoms with Crippen LogP contribution in [0.15, 0.2) is 15.8 Å². The third-order valence-corrected chi connectivity index (χ3v) is 6.45. The molecule has 4 rings (SSSR count). The van der Waals surface area contributed by atoms with E-state index in [0.29, 0.717) is 42.5 Å². The van der Waals surface area contributed by atoms with E-state index in [1.165, 1.54) is 13.8 Å². The summed E-state index contributed by atoms with van der Waals surface area (Å²) in [5.41, 5.74) is 1.83. The molecule has 156 valence electrons. The second kappa shape index (κ2) is 6.81. The quantitative estimate of drug-likeness (QED) is 0.695. The Morgan fingerprint density at radius 3 is 2.21 bits per heavy atom. The molecule has 0 unspecified atom stereocenters. The molecule has 1 heterocycles. The molecule has 0 bridgehead atoms. The average Bonchev–Trinajstić information content (AvgIpc) is 3.37. The molecule has 0 fully saturated rings. The summed E-state index contributed by atoms with van der Waals surface area (Å²) in [7, 11) is -4.38. The minimum absolute atomic E-state index is 0.0487. The van der Waals surface area contributed by atoms with Gasteiger partial charge >= 0.3 is 21.3 Å². The van der Waals surface area contributed by atoms with Crippen molar-refractivity contribution in [2.75, 3.05) is 5.32 Å². The molecule has 1 aromatic carbocycles. The van der Waals surface area contributed by atoms with Gasteiger partial charge in [0.05, 0.1) is 6.20 Å². The van der Waals surface area contributed by atoms with Gasteiger partial charge in [-0.1, -0.05) is 0 Å². The number of sulfonamides is 1. The van der Waals surface area contributed by atoms with E-state index >= 15 is 0 Å². The number of halogens is 1. The molecule has 0 atom stereocenters. The molecule has 0 saturated heterocycles. The number of amides is 2. The molecule has 0 aliphatic heterocycles. The lowest BCUT2D eigenvalue weighted by molar-refractivity contribution is 0.0500. The molecule has 2 aliphatic carbocycles. The highest BCUT2D eigenvalue weighted by atomic mass is 32.2. The Kier molecular flexibility index (Phi) is 4.66. The van der Waals surface area contributed by atoms with Gasteiger partial charge in [0.15, 0.2) is 5.76 Å². The van der Waals surface area contributed by atoms with Crippen molar-refractivity contribution in [3.63, 3.8) is 0 Å². The Hall–Kier alpha value is -2.46. The normalized spacial score (nSPS) is 15.9. The number of benzene rings is 1. The number of urea groups is 1. The zero-order chi connectivity index (χ0) is 21.0. The fourth-order valence-corrected chi connectivity index (χ4v) is 4.78. The van der Waals surface area contributed by atoms with Crippen LogP contribution in [0.3, 0.4) is 0 Å². The van der Waals surface area contributed by atoms with Gasteiger partial charge in [0, 0.05) is 5.69 Å². The van der Waals surface area contributed by atoms with Gasteiger partial charge in [0.25, 0.3) is 0 Å². The first-order valence-corrected chi connectivity index (χ1v) is 10.9. The number of rotatable bonds is 4. The zero-order valence-electron chi connectivity index (χ0n) is 16.1. The molecule has 0 saturated carbocycles. The highest BCUT2D eigenvalue weighted by molar-refractivity contribution is 7.89. The second-order valence-corrected chi connectivity index (χ2v) is 9.48. The minimum atomic E-state index is -4.38. The largest absolute Gasteiger partial charge is 0.429 e. The summed E-state index contributed by atoms with van der Waals surface area (Å²) < 4.78 is 46.5. The third-order valence-electron chi connectivity index (χ3n) is 5.35. The van der Waals surface area contributed by atoms with Gasteiger partial charge in [0.2, 0.25) is 0 Å². The van der Waals surface area contributed by atoms with E-state index in [4.69, 9.17) is 4.42 Å². The van der Waals surface area contributed by atoms with Crippen LogP contribution in [0, 0.1) is 5.82 Å². The Bertz CT molecular complexity index is 1070. The number of aromatic nitrogens is 1. The number of fused-ring (bicyclic) bond motifs is 2. The van der Waals surface area contributed by atoms with E-state index in [9.17, 15) is 22.7 Å². The summed E-state index contributed by atoms with van der Waals surface area (Å²) in [5, 5.41) is 11.8. The first-order valence-electron chi connectivity index (χ1n) is 9.45. The van der Waals surface area contributed by atoms with E-state index in [0.717, 1.165) is 30.2 Å². The van der Waals surface area contributed by atoms with Crippen molar-refractivity contribution in [1.29, 1.82) is 0 Å². The maximum Gasteiger partial charge on any atom is 0.336 e. The molecule has 3 N–H and O–H groups in total. The Morgan fingerprint density at radius 1 is 1.14 bits per heavy atom. The van der Waals surface area contributed by atoms with Gasteiger partial charge in [-0.3, -0.25) is 0 Å². The molecule has 0 radical (unpaired) electrons. The highest BCUT2D eigenvalue weighted by Gasteiger charge is 2.32. The number of anilines is 1. The van der Waals surface area contributed by atoms with Crippen molar-refractivity contribution in [3.05, 3.63) is 40.0 Å². The van der Waals surface area contributed by atoms with Gasteiger partial charge in [-0.25, -0.2) is 18.9 Å². The van der Waals surface area contributed by atoms with Crippen LogP contribution in [-0.2, 0) is 41.3 Å². The Morgan fingerprint density at radius 2 is 1.69 bits per heavy atom. The predicted molar refractivity (Wildman–Crippen MR) is 102 cm³/mol. The summed E-state index contributed by atoms with van der Waals surface area (Å²) >= 11 is 0. The van der Waals surface area contributed by atoms with Crippen molar-refractivity contribution in [3.8, 4) is 0 Å². The third kappa shape index (κ3) is 3.51. The van der Waals surface area contributed by atoms with Gasteiger partial charge in [-0.15, -0.1) is 0 Å². The summed E-state index contributed by atoms with van der Waals surface area (Å²) in [4.78, 5) is 16.1. The van der Waals surface area contributed by atoms with Gasteiger partial charge < -0.3 is 14.8 Å². The summed E-state index contributed by atoms with van der Waals surface area (Å²) in [6.45, 7) is 2.83. The maximum absolute atomic E-state index is 14.7. The number of hydrogen-bond donors (Lipinski definition) is 3. The smallest absolute Gasteiger partial charge is 0.336 e. The van der Waals surface area contributed by atoms with E-state index in [1.807, 2.05) is 4.72 Å². The molecule has 2 amide bonds. The number of carbonyl (C=O) groups excluding carboxylic acids is 1. The van der Waals surface area contributed by atoms with E-state index in [1.54, 1.807) is 0 Å². The molecule has 29 heavy (non-hydrogen) atoms. The molecule has 0 spiro atoms. The molecular weight excluding hydrogens is 401 g/mol. The van der Waals surface area contributed by atoms with Crippen LogP contribution < -0.4 is 10.0 Å². The lowest BCUT2D eigenvalue weighted by atomic mass is 9.98. The molecule has 2 aliphatic rings. The van der Waals surface area contributed by atoms with Crippen molar-refractivity contribution in [2.24, 2.45) is 0 Å². The summed E-state index contributed by atoms with van der Waals surface area (Å²) in [5.74, 6) is -0.227. The number of carbonyl (C=O) groups is 1. The predicted octanol–water partition coefficient (Wildman–Crippen LogP) is 2.53. The van der Waals surface area contributed by atoms with Gasteiger partial charge in [-0.2, -0.15) is 8.42 Å². The number of aliphatic hydroxyl groups is 1. The Labute approximate surface area is 167 Å². The van der Waals surface area contributed by atoms with Crippen LogP contribution in [0.25, 0.3) is 0 Å². The maximum atomic E-state index is 14.7. The first kappa shape index (κ1) is 19.8. The monoisotopic (exact) mass is 423 g/mol. The van der Waals surface area contributed by atoms with Crippen molar-refractivity contribution in [2.45, 2.75) is 63.2 Å². The average molecular weight is 423 g/mol. The van der Waals surface area contributed by atoms with Gasteiger partial charge in [0.1, 0.15) is 11.4 Å². The van der Waals surface area contributed by atoms with Crippen molar-refractivity contribution < 1.29 is 27.1 Å². The van der Waals surface area contributed by atoms with Crippen LogP contribution in [0.5, 0.6) is 0 Å². The van der Waals surface area contributed by atoms with E-state index < -0.39 is 26.9 Å². The van der Waals surface area contributed by atoms with Crippen molar-refractivity contribution >= 4 is 21.7 Å². The molecule has 2 aromatic rings. The summed E-state index contributed by atoms with van der Waals surface area (Å²) in [6.07, 6.45) is 5.16. The first-order chi connectivity index (χ1) is 13.6. The van der Waals surface area contributed by atoms with E-state index in [2.05, 4.69) is 10.3 Å². The number of oxazole rings is 1. The lowest BCUT2D eigenvalue weighted by Crippen LogP contribution is -2.35. The van der Waals surface area contributed by atoms with Crippen LogP contribution in [-0.4, -0.2) is 24.5 Å². The highest BCUT2D eigenvalue weighted by Crippen LogP contribution is 2.40. The lowest BCUT2D eigenvalue weighted by Gasteiger charge is -2.17. The number of nitrogens with zero attached hydrogens (tertiary/aromatic N) is 1. The molecule has 1 aromatic heterocycles. The number of hydrogen-bond acceptors (Lipinski definition) is 6. The van der Waals surface area contributed by atoms with Crippen LogP contribution in [0.1, 0.15) is 54.7 Å². The van der Waals surface area contributed by atoms with Crippen LogP contribution >= 0.6 is 0 Å². The minimum Gasteiger partial charge on any atom is -0.429 e. The summed E-state index contributed by atoms with van der Waals surface area (Å²) in [6, 6.07) is -0.970. The molecular formula is C19H22FN3O5S.